The Hall–Kier alpha value is -0.930. The first kappa shape index (κ1) is 13.5. The van der Waals surface area contributed by atoms with Crippen molar-refractivity contribution in [1.29, 1.82) is 0 Å². The van der Waals surface area contributed by atoms with Crippen molar-refractivity contribution in [1.82, 2.24) is 5.32 Å². The zero-order valence-electron chi connectivity index (χ0n) is 10.9. The molecule has 1 aromatic carbocycles. The van der Waals surface area contributed by atoms with Crippen LogP contribution in [0.1, 0.15) is 31.7 Å². The Labute approximate surface area is 108 Å². The summed E-state index contributed by atoms with van der Waals surface area (Å²) in [7, 11) is 0. The number of hydrogen-bond donors (Lipinski definition) is 2. The lowest BCUT2D eigenvalue weighted by atomic mass is 10.0. The molecule has 3 unspecified atom stereocenters. The van der Waals surface area contributed by atoms with Gasteiger partial charge in [-0.25, -0.2) is 4.39 Å². The zero-order valence-corrected chi connectivity index (χ0v) is 10.9. The molecule has 2 rings (SSSR count). The van der Waals surface area contributed by atoms with Gasteiger partial charge < -0.3 is 10.4 Å². The fourth-order valence-corrected chi connectivity index (χ4v) is 2.69. The summed E-state index contributed by atoms with van der Waals surface area (Å²) in [4.78, 5) is 0. The number of aliphatic hydroxyl groups is 1. The molecule has 3 atom stereocenters. The Kier molecular flexibility index (Phi) is 4.72. The summed E-state index contributed by atoms with van der Waals surface area (Å²) >= 11 is 0. The molecule has 2 N–H and O–H groups in total. The number of aliphatic hydroxyl groups excluding tert-OH is 1. The smallest absolute Gasteiger partial charge is 0.123 e. The van der Waals surface area contributed by atoms with Crippen LogP contribution in [-0.4, -0.2) is 23.8 Å². The first-order valence-corrected chi connectivity index (χ1v) is 6.79. The van der Waals surface area contributed by atoms with Crippen LogP contribution in [0.15, 0.2) is 24.3 Å². The molecule has 0 aliphatic heterocycles. The summed E-state index contributed by atoms with van der Waals surface area (Å²) in [6.45, 7) is 3.07. The summed E-state index contributed by atoms with van der Waals surface area (Å²) < 4.78 is 13.0. The second-order valence-corrected chi connectivity index (χ2v) is 5.48. The van der Waals surface area contributed by atoms with E-state index in [2.05, 4.69) is 12.2 Å². The third kappa shape index (κ3) is 4.07. The van der Waals surface area contributed by atoms with Crippen molar-refractivity contribution >= 4 is 0 Å². The lowest BCUT2D eigenvalue weighted by molar-refractivity contribution is 0.177. The van der Waals surface area contributed by atoms with Gasteiger partial charge in [0.05, 0.1) is 6.10 Å². The van der Waals surface area contributed by atoms with Crippen LogP contribution in [-0.2, 0) is 6.42 Å². The fraction of sp³-hybridized carbons (Fsp3) is 0.600. The lowest BCUT2D eigenvalue weighted by Gasteiger charge is -2.17. The van der Waals surface area contributed by atoms with Gasteiger partial charge in [-0.15, -0.1) is 0 Å². The average Bonchev–Trinajstić information content (AvgIpc) is 2.73. The van der Waals surface area contributed by atoms with Crippen LogP contribution in [0.3, 0.4) is 0 Å². The van der Waals surface area contributed by atoms with Crippen LogP contribution in [0.25, 0.3) is 0 Å². The van der Waals surface area contributed by atoms with E-state index in [1.54, 1.807) is 12.1 Å². The maximum absolute atomic E-state index is 13.0. The molecule has 0 spiro atoms. The molecule has 1 fully saturated rings. The minimum atomic E-state index is -0.168. The van der Waals surface area contributed by atoms with Crippen LogP contribution in [0.5, 0.6) is 0 Å². The molecule has 18 heavy (non-hydrogen) atoms. The highest BCUT2D eigenvalue weighted by molar-refractivity contribution is 5.17. The molecule has 0 saturated heterocycles. The van der Waals surface area contributed by atoms with E-state index < -0.39 is 0 Å². The Morgan fingerprint density at radius 3 is 2.94 bits per heavy atom. The van der Waals surface area contributed by atoms with Crippen molar-refractivity contribution in [2.45, 2.75) is 44.8 Å². The van der Waals surface area contributed by atoms with Gasteiger partial charge >= 0.3 is 0 Å². The van der Waals surface area contributed by atoms with Gasteiger partial charge in [0, 0.05) is 6.04 Å². The Morgan fingerprint density at radius 2 is 2.28 bits per heavy atom. The van der Waals surface area contributed by atoms with Crippen molar-refractivity contribution in [3.05, 3.63) is 35.6 Å². The van der Waals surface area contributed by atoms with Crippen LogP contribution in [0.4, 0.5) is 4.39 Å². The van der Waals surface area contributed by atoms with Gasteiger partial charge in [-0.05, 0) is 62.8 Å². The van der Waals surface area contributed by atoms with Gasteiger partial charge in [0.2, 0.25) is 0 Å². The van der Waals surface area contributed by atoms with Crippen molar-refractivity contribution in [2.75, 3.05) is 6.54 Å². The molecule has 100 valence electrons. The van der Waals surface area contributed by atoms with Gasteiger partial charge in [-0.1, -0.05) is 12.1 Å². The molecule has 0 radical (unpaired) electrons. The number of nitrogens with one attached hydrogen (secondary N) is 1. The maximum Gasteiger partial charge on any atom is 0.123 e. The molecule has 0 bridgehead atoms. The van der Waals surface area contributed by atoms with E-state index in [1.165, 1.54) is 6.07 Å². The molecule has 1 saturated carbocycles. The molecule has 0 aromatic heterocycles. The first-order chi connectivity index (χ1) is 8.63. The molecular weight excluding hydrogens is 229 g/mol. The fourth-order valence-electron chi connectivity index (χ4n) is 2.69. The quantitative estimate of drug-likeness (QED) is 0.842. The minimum absolute atomic E-state index is 0.102. The highest BCUT2D eigenvalue weighted by Crippen LogP contribution is 2.24. The van der Waals surface area contributed by atoms with E-state index in [1.807, 2.05) is 6.07 Å². The van der Waals surface area contributed by atoms with Crippen LogP contribution < -0.4 is 5.32 Å². The van der Waals surface area contributed by atoms with E-state index in [9.17, 15) is 9.50 Å². The Bertz CT molecular complexity index is 383. The predicted octanol–water partition coefficient (Wildman–Crippen LogP) is 2.51. The molecule has 3 heteroatoms. The summed E-state index contributed by atoms with van der Waals surface area (Å²) in [5.41, 5.74) is 1.03. The monoisotopic (exact) mass is 251 g/mol. The Morgan fingerprint density at radius 1 is 1.44 bits per heavy atom. The van der Waals surface area contributed by atoms with Gasteiger partial charge in [0.1, 0.15) is 5.82 Å². The van der Waals surface area contributed by atoms with Gasteiger partial charge in [0.15, 0.2) is 0 Å². The number of halogens is 1. The van der Waals surface area contributed by atoms with Gasteiger partial charge in [0.25, 0.3) is 0 Å². The predicted molar refractivity (Wildman–Crippen MR) is 70.9 cm³/mol. The van der Waals surface area contributed by atoms with E-state index in [-0.39, 0.29) is 11.9 Å². The third-order valence-corrected chi connectivity index (χ3v) is 3.70. The summed E-state index contributed by atoms with van der Waals surface area (Å²) in [5, 5.41) is 12.9. The second kappa shape index (κ2) is 6.30. The molecule has 1 aliphatic rings. The van der Waals surface area contributed by atoms with Crippen molar-refractivity contribution in [3.63, 3.8) is 0 Å². The zero-order chi connectivity index (χ0) is 13.0. The highest BCUT2D eigenvalue weighted by Gasteiger charge is 2.22. The van der Waals surface area contributed by atoms with Gasteiger partial charge in [-0.2, -0.15) is 0 Å². The largest absolute Gasteiger partial charge is 0.393 e. The van der Waals surface area contributed by atoms with E-state index in [0.717, 1.165) is 37.8 Å². The number of hydrogen-bond acceptors (Lipinski definition) is 2. The summed E-state index contributed by atoms with van der Waals surface area (Å²) in [6.07, 6.45) is 3.70. The number of benzene rings is 1. The van der Waals surface area contributed by atoms with E-state index >= 15 is 0 Å². The second-order valence-electron chi connectivity index (χ2n) is 5.48. The van der Waals surface area contributed by atoms with Crippen LogP contribution in [0.2, 0.25) is 0 Å². The molecule has 0 amide bonds. The molecular formula is C15H22FNO. The minimum Gasteiger partial charge on any atom is -0.393 e. The SMILES string of the molecule is CC(Cc1cccc(F)c1)NCC1CCC(O)C1. The molecule has 1 aliphatic carbocycles. The topological polar surface area (TPSA) is 32.3 Å². The standard InChI is InChI=1S/C15H22FNO/c1-11(7-12-3-2-4-14(16)8-12)17-10-13-5-6-15(18)9-13/h2-4,8,11,13,15,17-18H,5-7,9-10H2,1H3. The molecule has 1 aromatic rings. The third-order valence-electron chi connectivity index (χ3n) is 3.70. The lowest BCUT2D eigenvalue weighted by Crippen LogP contribution is -2.32. The van der Waals surface area contributed by atoms with Gasteiger partial charge in [-0.3, -0.25) is 0 Å². The number of rotatable bonds is 5. The maximum atomic E-state index is 13.0. The Balaban J connectivity index is 1.73. The van der Waals surface area contributed by atoms with Crippen molar-refractivity contribution in [2.24, 2.45) is 5.92 Å². The van der Waals surface area contributed by atoms with Crippen molar-refractivity contribution < 1.29 is 9.50 Å². The molecule has 2 nitrogen and oxygen atoms in total. The normalized spacial score (nSPS) is 25.3. The average molecular weight is 251 g/mol. The van der Waals surface area contributed by atoms with E-state index in [4.69, 9.17) is 0 Å². The summed E-state index contributed by atoms with van der Waals surface area (Å²) in [6, 6.07) is 7.12. The highest BCUT2D eigenvalue weighted by atomic mass is 19.1. The summed E-state index contributed by atoms with van der Waals surface area (Å²) in [5.74, 6) is 0.425. The first-order valence-electron chi connectivity index (χ1n) is 6.79. The van der Waals surface area contributed by atoms with Crippen LogP contribution in [0, 0.1) is 11.7 Å². The molecule has 0 heterocycles. The van der Waals surface area contributed by atoms with E-state index in [0.29, 0.717) is 12.0 Å². The van der Waals surface area contributed by atoms with Crippen molar-refractivity contribution in [3.8, 4) is 0 Å². The van der Waals surface area contributed by atoms with Crippen LogP contribution >= 0.6 is 0 Å².